The van der Waals surface area contributed by atoms with E-state index >= 15 is 0 Å². The van der Waals surface area contributed by atoms with Crippen molar-refractivity contribution in [3.63, 3.8) is 0 Å². The third-order valence-corrected chi connectivity index (χ3v) is 3.64. The number of carbonyl (C=O) groups is 1. The van der Waals surface area contributed by atoms with Gasteiger partial charge in [-0.2, -0.15) is 0 Å². The van der Waals surface area contributed by atoms with Crippen molar-refractivity contribution in [2.45, 2.75) is 32.2 Å². The van der Waals surface area contributed by atoms with Crippen LogP contribution in [0.4, 0.5) is 4.39 Å². The molecule has 1 N–H and O–H groups in total. The topological polar surface area (TPSA) is 32.3 Å². The lowest BCUT2D eigenvalue weighted by atomic mass is 10.1. The molecule has 0 saturated carbocycles. The molecule has 3 nitrogen and oxygen atoms in total. The van der Waals surface area contributed by atoms with Crippen molar-refractivity contribution in [1.82, 2.24) is 10.2 Å². The molecule has 1 amide bonds. The molecule has 0 bridgehead atoms. The first-order chi connectivity index (χ1) is 9.18. The largest absolute Gasteiger partial charge is 0.342 e. The van der Waals surface area contributed by atoms with Crippen LogP contribution in [-0.2, 0) is 4.79 Å². The molecule has 1 aromatic rings. The highest BCUT2D eigenvalue weighted by molar-refractivity contribution is 5.78. The van der Waals surface area contributed by atoms with Gasteiger partial charge < -0.3 is 10.2 Å². The van der Waals surface area contributed by atoms with Gasteiger partial charge in [0.15, 0.2) is 0 Å². The van der Waals surface area contributed by atoms with E-state index in [2.05, 4.69) is 5.32 Å². The van der Waals surface area contributed by atoms with Crippen molar-refractivity contribution in [1.29, 1.82) is 0 Å². The number of halogens is 1. The number of hydrogen-bond donors (Lipinski definition) is 1. The fraction of sp³-hybridized carbons (Fsp3) is 0.533. The SMILES string of the molecule is C[C@@H](NCC(=O)N1CCCCC1)c1ccccc1F. The van der Waals surface area contributed by atoms with Crippen molar-refractivity contribution < 1.29 is 9.18 Å². The zero-order valence-electron chi connectivity index (χ0n) is 11.4. The van der Waals surface area contributed by atoms with E-state index in [1.54, 1.807) is 12.1 Å². The number of nitrogens with zero attached hydrogens (tertiary/aromatic N) is 1. The van der Waals surface area contributed by atoms with Crippen molar-refractivity contribution in [3.8, 4) is 0 Å². The number of rotatable bonds is 4. The second kappa shape index (κ2) is 6.66. The van der Waals surface area contributed by atoms with E-state index in [4.69, 9.17) is 0 Å². The van der Waals surface area contributed by atoms with Gasteiger partial charge in [-0.3, -0.25) is 4.79 Å². The maximum atomic E-state index is 13.6. The zero-order valence-corrected chi connectivity index (χ0v) is 11.4. The average Bonchev–Trinajstić information content (AvgIpc) is 2.46. The van der Waals surface area contributed by atoms with Gasteiger partial charge in [0.2, 0.25) is 5.91 Å². The van der Waals surface area contributed by atoms with Gasteiger partial charge in [0.05, 0.1) is 6.54 Å². The predicted molar refractivity (Wildman–Crippen MR) is 73.2 cm³/mol. The maximum Gasteiger partial charge on any atom is 0.236 e. The number of amides is 1. The maximum absolute atomic E-state index is 13.6. The number of nitrogens with one attached hydrogen (secondary N) is 1. The molecule has 4 heteroatoms. The van der Waals surface area contributed by atoms with Crippen molar-refractivity contribution >= 4 is 5.91 Å². The third kappa shape index (κ3) is 3.77. The second-order valence-corrected chi connectivity index (χ2v) is 5.07. The molecule has 1 saturated heterocycles. The second-order valence-electron chi connectivity index (χ2n) is 5.07. The summed E-state index contributed by atoms with van der Waals surface area (Å²) in [5.41, 5.74) is 0.606. The van der Waals surface area contributed by atoms with Gasteiger partial charge >= 0.3 is 0 Å². The molecule has 0 aliphatic carbocycles. The van der Waals surface area contributed by atoms with Gasteiger partial charge in [-0.1, -0.05) is 18.2 Å². The van der Waals surface area contributed by atoms with E-state index in [-0.39, 0.29) is 24.3 Å². The molecule has 1 heterocycles. The quantitative estimate of drug-likeness (QED) is 0.906. The summed E-state index contributed by atoms with van der Waals surface area (Å²) in [6, 6.07) is 6.51. The predicted octanol–water partition coefficient (Wildman–Crippen LogP) is 2.49. The first-order valence-corrected chi connectivity index (χ1v) is 6.94. The van der Waals surface area contributed by atoms with Crippen LogP contribution in [0.15, 0.2) is 24.3 Å². The average molecular weight is 264 g/mol. The molecule has 0 spiro atoms. The van der Waals surface area contributed by atoms with E-state index in [0.29, 0.717) is 5.56 Å². The molecule has 104 valence electrons. The number of piperidine rings is 1. The molecule has 0 unspecified atom stereocenters. The van der Waals surface area contributed by atoms with Crippen molar-refractivity contribution in [3.05, 3.63) is 35.6 Å². The highest BCUT2D eigenvalue weighted by atomic mass is 19.1. The molecular formula is C15H21FN2O. The fourth-order valence-electron chi connectivity index (χ4n) is 2.43. The summed E-state index contributed by atoms with van der Waals surface area (Å²) in [6.07, 6.45) is 3.39. The fourth-order valence-corrected chi connectivity index (χ4v) is 2.43. The van der Waals surface area contributed by atoms with E-state index in [1.807, 2.05) is 17.9 Å². The summed E-state index contributed by atoms with van der Waals surface area (Å²) >= 11 is 0. The Morgan fingerprint density at radius 2 is 2.00 bits per heavy atom. The smallest absolute Gasteiger partial charge is 0.236 e. The molecule has 1 atom stereocenters. The Labute approximate surface area is 113 Å². The summed E-state index contributed by atoms with van der Waals surface area (Å²) in [6.45, 7) is 3.86. The van der Waals surface area contributed by atoms with Gasteiger partial charge in [-0.05, 0) is 32.3 Å². The van der Waals surface area contributed by atoms with Crippen LogP contribution >= 0.6 is 0 Å². The zero-order chi connectivity index (χ0) is 13.7. The molecule has 1 aromatic carbocycles. The molecule has 1 aliphatic heterocycles. The molecule has 0 radical (unpaired) electrons. The number of hydrogen-bond acceptors (Lipinski definition) is 2. The lowest BCUT2D eigenvalue weighted by molar-refractivity contribution is -0.131. The Morgan fingerprint density at radius 3 is 2.68 bits per heavy atom. The molecule has 1 fully saturated rings. The summed E-state index contributed by atoms with van der Waals surface area (Å²) in [4.78, 5) is 13.9. The minimum absolute atomic E-state index is 0.114. The summed E-state index contributed by atoms with van der Waals surface area (Å²) in [5, 5.41) is 3.11. The van der Waals surface area contributed by atoms with E-state index < -0.39 is 0 Å². The van der Waals surface area contributed by atoms with Crippen LogP contribution in [0.5, 0.6) is 0 Å². The summed E-state index contributed by atoms with van der Waals surface area (Å²) in [5.74, 6) is -0.115. The molecule has 0 aromatic heterocycles. The number of carbonyl (C=O) groups excluding carboxylic acids is 1. The van der Waals surface area contributed by atoms with E-state index in [9.17, 15) is 9.18 Å². The molecule has 2 rings (SSSR count). The Hall–Kier alpha value is -1.42. The lowest BCUT2D eigenvalue weighted by Crippen LogP contribution is -2.41. The number of benzene rings is 1. The van der Waals surface area contributed by atoms with Gasteiger partial charge in [0, 0.05) is 24.7 Å². The summed E-state index contributed by atoms with van der Waals surface area (Å²) in [7, 11) is 0. The molecular weight excluding hydrogens is 243 g/mol. The minimum atomic E-state index is -0.229. The normalized spacial score (nSPS) is 17.3. The lowest BCUT2D eigenvalue weighted by Gasteiger charge is -2.27. The van der Waals surface area contributed by atoms with Crippen LogP contribution in [0.2, 0.25) is 0 Å². The minimum Gasteiger partial charge on any atom is -0.342 e. The van der Waals surface area contributed by atoms with Gasteiger partial charge in [0.25, 0.3) is 0 Å². The summed E-state index contributed by atoms with van der Waals surface area (Å²) < 4.78 is 13.6. The first-order valence-electron chi connectivity index (χ1n) is 6.94. The number of likely N-dealkylation sites (tertiary alicyclic amines) is 1. The first kappa shape index (κ1) is 14.0. The van der Waals surface area contributed by atoms with Gasteiger partial charge in [-0.15, -0.1) is 0 Å². The van der Waals surface area contributed by atoms with Gasteiger partial charge in [-0.25, -0.2) is 4.39 Å². The standard InChI is InChI=1S/C15H21FN2O/c1-12(13-7-3-4-8-14(13)16)17-11-15(19)18-9-5-2-6-10-18/h3-4,7-8,12,17H,2,5-6,9-11H2,1H3/t12-/m1/s1. The Kier molecular flexibility index (Phi) is 4.91. The Balaban J connectivity index is 1.84. The van der Waals surface area contributed by atoms with Gasteiger partial charge in [0.1, 0.15) is 5.82 Å². The van der Waals surface area contributed by atoms with Crippen LogP contribution in [0.25, 0.3) is 0 Å². The van der Waals surface area contributed by atoms with Crippen LogP contribution in [-0.4, -0.2) is 30.4 Å². The molecule has 19 heavy (non-hydrogen) atoms. The van der Waals surface area contributed by atoms with Crippen LogP contribution in [0.3, 0.4) is 0 Å². The highest BCUT2D eigenvalue weighted by Gasteiger charge is 2.17. The van der Waals surface area contributed by atoms with Crippen molar-refractivity contribution in [2.24, 2.45) is 0 Å². The van der Waals surface area contributed by atoms with Crippen LogP contribution in [0, 0.1) is 5.82 Å². The Bertz CT molecular complexity index is 430. The van der Waals surface area contributed by atoms with Crippen LogP contribution in [0.1, 0.15) is 37.8 Å². The van der Waals surface area contributed by atoms with E-state index in [1.165, 1.54) is 12.5 Å². The Morgan fingerprint density at radius 1 is 1.32 bits per heavy atom. The molecule has 1 aliphatic rings. The highest BCUT2D eigenvalue weighted by Crippen LogP contribution is 2.16. The monoisotopic (exact) mass is 264 g/mol. The van der Waals surface area contributed by atoms with Crippen molar-refractivity contribution in [2.75, 3.05) is 19.6 Å². The third-order valence-electron chi connectivity index (χ3n) is 3.64. The van der Waals surface area contributed by atoms with Crippen LogP contribution < -0.4 is 5.32 Å². The van der Waals surface area contributed by atoms with E-state index in [0.717, 1.165) is 25.9 Å².